The molecule has 4 aromatic carbocycles. The third-order valence-corrected chi connectivity index (χ3v) is 10.0. The highest BCUT2D eigenvalue weighted by Gasteiger charge is 2.48. The molecule has 0 aliphatic carbocycles. The Bertz CT molecular complexity index is 2540. The van der Waals surface area contributed by atoms with E-state index in [0.717, 1.165) is 12.6 Å². The van der Waals surface area contributed by atoms with Gasteiger partial charge in [-0.1, -0.05) is 30.3 Å². The lowest BCUT2D eigenvalue weighted by Crippen LogP contribution is -2.36. The number of nitrogens with zero attached hydrogens (tertiary/aromatic N) is 2. The van der Waals surface area contributed by atoms with Gasteiger partial charge in [0.1, 0.15) is 56.6 Å². The summed E-state index contributed by atoms with van der Waals surface area (Å²) in [7, 11) is -5.92. The molecule has 0 spiro atoms. The third kappa shape index (κ3) is 10.5. The Morgan fingerprint density at radius 3 is 1.54 bits per heavy atom. The number of ketones is 2. The van der Waals surface area contributed by atoms with Crippen molar-refractivity contribution in [3.8, 4) is 51.6 Å². The van der Waals surface area contributed by atoms with E-state index in [0.29, 0.717) is 76.0 Å². The predicted molar refractivity (Wildman–Crippen MR) is 212 cm³/mol. The van der Waals surface area contributed by atoms with Gasteiger partial charge in [-0.15, -0.1) is 0 Å². The second-order valence-corrected chi connectivity index (χ2v) is 14.8. The molecule has 0 radical (unpaired) electrons. The molecule has 5 aromatic rings. The zero-order valence-electron chi connectivity index (χ0n) is 32.3. The number of hydrogen-bond donors (Lipinski definition) is 6. The number of phenols is 5. The van der Waals surface area contributed by atoms with Gasteiger partial charge in [-0.25, -0.2) is 0 Å². The molecule has 2 aliphatic heterocycles. The summed E-state index contributed by atoms with van der Waals surface area (Å²) < 4.78 is 77.5. The van der Waals surface area contributed by atoms with E-state index in [1.807, 2.05) is 11.0 Å². The molecule has 1 aromatic heterocycles. The maximum Gasteiger partial charge on any atom is 0.534 e. The largest absolute Gasteiger partial charge is 0.534 e. The summed E-state index contributed by atoms with van der Waals surface area (Å²) in [6.45, 7) is 7.55. The minimum absolute atomic E-state index is 0.0193. The fourth-order valence-electron chi connectivity index (χ4n) is 6.20. The molecule has 0 unspecified atom stereocenters. The number of carbonyl (C=O) groups excluding carboxylic acids is 2. The average Bonchev–Trinajstić information content (AvgIpc) is 3.19. The molecule has 7 rings (SSSR count). The predicted octanol–water partition coefficient (Wildman–Crippen LogP) is 5.37. The molecule has 326 valence electrons. The van der Waals surface area contributed by atoms with Crippen LogP contribution in [0, 0.1) is 0 Å². The number of halogens is 3. The van der Waals surface area contributed by atoms with E-state index >= 15 is 0 Å². The Labute approximate surface area is 344 Å². The van der Waals surface area contributed by atoms with Crippen molar-refractivity contribution in [3.05, 3.63) is 88.1 Å². The molecular weight excluding hydrogens is 837 g/mol. The van der Waals surface area contributed by atoms with Crippen LogP contribution in [0.5, 0.6) is 40.2 Å². The number of carbonyl (C=O) groups is 2. The van der Waals surface area contributed by atoms with Crippen molar-refractivity contribution in [1.82, 2.24) is 0 Å². The maximum absolute atomic E-state index is 12.5. The van der Waals surface area contributed by atoms with Crippen molar-refractivity contribution in [2.75, 3.05) is 62.4 Å². The number of aromatic hydroxyl groups is 6. The average molecular weight is 877 g/mol. The van der Waals surface area contributed by atoms with Crippen molar-refractivity contribution in [2.24, 2.45) is 0 Å². The number of morpholine rings is 2. The number of hydrogen-bond acceptors (Lipinski definition) is 17. The number of phenolic OH excluding ortho intramolecular Hbond substituents is 5. The molecule has 2 fully saturated rings. The van der Waals surface area contributed by atoms with E-state index < -0.39 is 55.4 Å². The summed E-state index contributed by atoms with van der Waals surface area (Å²) in [5.41, 5.74) is -4.60. The summed E-state index contributed by atoms with van der Waals surface area (Å²) >= 11 is 0. The Morgan fingerprint density at radius 1 is 0.672 bits per heavy atom. The van der Waals surface area contributed by atoms with Crippen LogP contribution in [-0.4, -0.2) is 109 Å². The topological polar surface area (TPSA) is 254 Å². The first kappa shape index (κ1) is 45.4. The van der Waals surface area contributed by atoms with Crippen molar-refractivity contribution in [2.45, 2.75) is 19.4 Å². The van der Waals surface area contributed by atoms with E-state index in [1.165, 1.54) is 25.1 Å². The van der Waals surface area contributed by atoms with Gasteiger partial charge in [0.15, 0.2) is 17.3 Å². The summed E-state index contributed by atoms with van der Waals surface area (Å²) in [5.74, 6) is -4.88. The van der Waals surface area contributed by atoms with Crippen LogP contribution in [0.25, 0.3) is 22.3 Å². The van der Waals surface area contributed by atoms with Crippen molar-refractivity contribution >= 4 is 44.0 Å². The highest BCUT2D eigenvalue weighted by molar-refractivity contribution is 7.88. The monoisotopic (exact) mass is 876 g/mol. The van der Waals surface area contributed by atoms with Gasteiger partial charge in [0.25, 0.3) is 0 Å². The first-order valence-corrected chi connectivity index (χ1v) is 19.5. The zero-order chi connectivity index (χ0) is 44.8. The number of alkyl halides is 3. The highest BCUT2D eigenvalue weighted by atomic mass is 32.2. The van der Waals surface area contributed by atoms with Crippen LogP contribution in [0.4, 0.5) is 24.5 Å². The van der Waals surface area contributed by atoms with Crippen LogP contribution in [0.15, 0.2) is 75.9 Å². The van der Waals surface area contributed by atoms with Gasteiger partial charge in [-0.05, 0) is 13.8 Å². The Balaban J connectivity index is 0.000000178. The minimum atomic E-state index is -5.92. The standard InChI is InChI=1S/C19H17NO5.C12H15NO4.C9H7F3O6S/c21-14-10-13(20-6-8-24-9-7-20)11-15-16(14)17(22)18(23)19(25-15)12-4-2-1-3-5-12;1-8(14)12-10(15)6-9(7-11(12)16)13-2-4-17-5-3-13;1-4(13)8-6(14)2-5(3-7(8)15)18-19(16,17)9(10,11)12/h1-5,10-11,21,23H,6-9H2;6-7,15-16H,2-5H2,1H3;2-3,14-15H,1H3. The Morgan fingerprint density at radius 2 is 1.10 bits per heavy atom. The summed E-state index contributed by atoms with van der Waals surface area (Å²) in [4.78, 5) is 38.8. The molecule has 0 bridgehead atoms. The van der Waals surface area contributed by atoms with E-state index in [2.05, 4.69) is 9.08 Å². The van der Waals surface area contributed by atoms with Gasteiger partial charge >= 0.3 is 15.6 Å². The van der Waals surface area contributed by atoms with Gasteiger partial charge in [0, 0.05) is 79.5 Å². The van der Waals surface area contributed by atoms with Gasteiger partial charge in [-0.2, -0.15) is 21.6 Å². The first-order chi connectivity index (χ1) is 28.7. The van der Waals surface area contributed by atoms with E-state index in [9.17, 15) is 66.6 Å². The lowest BCUT2D eigenvalue weighted by molar-refractivity contribution is -0.0500. The molecule has 21 heteroatoms. The fraction of sp³-hybridized carbons (Fsp3) is 0.275. The minimum Gasteiger partial charge on any atom is -0.507 e. The molecule has 0 saturated carbocycles. The molecule has 17 nitrogen and oxygen atoms in total. The Kier molecular flexibility index (Phi) is 13.9. The molecule has 0 amide bonds. The van der Waals surface area contributed by atoms with Crippen molar-refractivity contribution < 1.29 is 79.9 Å². The quantitative estimate of drug-likeness (QED) is 0.0682. The van der Waals surface area contributed by atoms with Crippen LogP contribution >= 0.6 is 0 Å². The Hall–Kier alpha value is -6.71. The van der Waals surface area contributed by atoms with Crippen molar-refractivity contribution in [3.63, 3.8) is 0 Å². The highest BCUT2D eigenvalue weighted by Crippen LogP contribution is 2.38. The molecule has 61 heavy (non-hydrogen) atoms. The summed E-state index contributed by atoms with van der Waals surface area (Å²) in [5, 5.41) is 58.6. The van der Waals surface area contributed by atoms with Gasteiger partial charge < -0.3 is 58.5 Å². The normalized spacial score (nSPS) is 14.3. The number of benzene rings is 4. The molecule has 2 aliphatic rings. The van der Waals surface area contributed by atoms with E-state index in [1.54, 1.807) is 30.3 Å². The second kappa shape index (κ2) is 18.7. The second-order valence-electron chi connectivity index (χ2n) is 13.3. The van der Waals surface area contributed by atoms with E-state index in [4.69, 9.17) is 13.9 Å². The SMILES string of the molecule is CC(=O)c1c(O)cc(N2CCOCC2)cc1O.CC(=O)c1c(O)cc(OS(=O)(=O)C(F)(F)F)cc1O.O=c1c(O)c(-c2ccccc2)oc2cc(N3CCOCC3)cc(O)c12. The zero-order valence-corrected chi connectivity index (χ0v) is 33.1. The van der Waals surface area contributed by atoms with Crippen LogP contribution in [0.1, 0.15) is 34.6 Å². The molecule has 6 N–H and O–H groups in total. The number of Topliss-reactive ketones (excluding diaryl/α,β-unsaturated/α-hetero) is 2. The molecule has 2 saturated heterocycles. The van der Waals surface area contributed by atoms with Crippen LogP contribution in [0.3, 0.4) is 0 Å². The molecule has 3 heterocycles. The number of rotatable bonds is 7. The van der Waals surface area contributed by atoms with Gasteiger partial charge in [0.05, 0.1) is 26.4 Å². The van der Waals surface area contributed by atoms with Crippen LogP contribution < -0.4 is 19.4 Å². The lowest BCUT2D eigenvalue weighted by atomic mass is 10.1. The lowest BCUT2D eigenvalue weighted by Gasteiger charge is -2.29. The summed E-state index contributed by atoms with van der Waals surface area (Å²) in [6, 6.07) is 16.1. The van der Waals surface area contributed by atoms with Gasteiger partial charge in [-0.3, -0.25) is 14.4 Å². The molecule has 0 atom stereocenters. The fourth-order valence-corrected chi connectivity index (χ4v) is 6.64. The summed E-state index contributed by atoms with van der Waals surface area (Å²) in [6.07, 6.45) is 0. The number of anilines is 2. The first-order valence-electron chi connectivity index (χ1n) is 18.1. The molecular formula is C40H39F3N2O15S. The maximum atomic E-state index is 12.5. The number of fused-ring (bicyclic) bond motifs is 1. The third-order valence-electron chi connectivity index (χ3n) is 9.07. The van der Waals surface area contributed by atoms with Crippen LogP contribution in [0.2, 0.25) is 0 Å². The van der Waals surface area contributed by atoms with E-state index in [-0.39, 0.29) is 45.3 Å². The van der Waals surface area contributed by atoms with Gasteiger partial charge in [0.2, 0.25) is 11.2 Å². The number of ether oxygens (including phenoxy) is 2. The smallest absolute Gasteiger partial charge is 0.507 e. The van der Waals surface area contributed by atoms with Crippen molar-refractivity contribution in [1.29, 1.82) is 0 Å². The van der Waals surface area contributed by atoms with Crippen LogP contribution in [-0.2, 0) is 19.6 Å².